The Morgan fingerprint density at radius 2 is 2.14 bits per heavy atom. The molecule has 0 aliphatic rings. The summed E-state index contributed by atoms with van der Waals surface area (Å²) in [6.45, 7) is 0.668. The lowest BCUT2D eigenvalue weighted by Crippen LogP contribution is -2.04. The summed E-state index contributed by atoms with van der Waals surface area (Å²) in [7, 11) is 0. The van der Waals surface area contributed by atoms with Gasteiger partial charge in [-0.05, 0) is 23.1 Å². The first-order valence-electron chi connectivity index (χ1n) is 6.89. The van der Waals surface area contributed by atoms with Crippen LogP contribution in [0.4, 0.5) is 5.82 Å². The van der Waals surface area contributed by atoms with Gasteiger partial charge in [0.25, 0.3) is 0 Å². The average molecular weight is 307 g/mol. The Kier molecular flexibility index (Phi) is 3.29. The highest BCUT2D eigenvalue weighted by atomic mass is 32.1. The van der Waals surface area contributed by atoms with Gasteiger partial charge in [0.1, 0.15) is 0 Å². The molecule has 0 radical (unpaired) electrons. The van der Waals surface area contributed by atoms with Crippen LogP contribution < -0.4 is 5.32 Å². The lowest BCUT2D eigenvalue weighted by Gasteiger charge is -2.07. The summed E-state index contributed by atoms with van der Waals surface area (Å²) in [5.74, 6) is 0.771. The molecule has 5 nitrogen and oxygen atoms in total. The summed E-state index contributed by atoms with van der Waals surface area (Å²) >= 11 is 1.68. The number of anilines is 1. The van der Waals surface area contributed by atoms with Crippen molar-refractivity contribution < 1.29 is 0 Å². The van der Waals surface area contributed by atoms with Gasteiger partial charge in [0.2, 0.25) is 0 Å². The van der Waals surface area contributed by atoms with Gasteiger partial charge < -0.3 is 5.32 Å². The zero-order valence-corrected chi connectivity index (χ0v) is 12.5. The maximum absolute atomic E-state index is 4.51. The molecule has 1 N–H and O–H groups in total. The predicted octanol–water partition coefficient (Wildman–Crippen LogP) is 3.46. The highest BCUT2D eigenvalue weighted by Crippen LogP contribution is 2.25. The molecule has 0 aromatic carbocycles. The van der Waals surface area contributed by atoms with Crippen LogP contribution in [0.2, 0.25) is 0 Å². The molecule has 0 atom stereocenters. The molecular weight excluding hydrogens is 294 g/mol. The van der Waals surface area contributed by atoms with E-state index in [0.717, 1.165) is 22.7 Å². The van der Waals surface area contributed by atoms with Gasteiger partial charge in [0.15, 0.2) is 11.5 Å². The van der Waals surface area contributed by atoms with Crippen LogP contribution in [0.1, 0.15) is 5.56 Å². The van der Waals surface area contributed by atoms with E-state index in [2.05, 4.69) is 41.5 Å². The number of nitrogens with zero attached hydrogens (tertiary/aromatic N) is 4. The molecule has 4 heterocycles. The quantitative estimate of drug-likeness (QED) is 0.627. The van der Waals surface area contributed by atoms with Crippen LogP contribution in [-0.4, -0.2) is 19.4 Å². The number of pyridine rings is 1. The minimum atomic E-state index is 0.668. The minimum absolute atomic E-state index is 0.668. The van der Waals surface area contributed by atoms with E-state index < -0.39 is 0 Å². The monoisotopic (exact) mass is 307 g/mol. The van der Waals surface area contributed by atoms with Crippen LogP contribution in [0.25, 0.3) is 16.9 Å². The van der Waals surface area contributed by atoms with E-state index in [-0.39, 0.29) is 0 Å². The number of aromatic nitrogens is 4. The molecule has 0 fully saturated rings. The van der Waals surface area contributed by atoms with Crippen LogP contribution in [0.15, 0.2) is 59.9 Å². The molecule has 0 aliphatic heterocycles. The molecule has 0 amide bonds. The predicted molar refractivity (Wildman–Crippen MR) is 87.9 cm³/mol. The number of hydrogen-bond donors (Lipinski definition) is 1. The molecule has 108 valence electrons. The molecule has 0 aliphatic carbocycles. The van der Waals surface area contributed by atoms with Crippen molar-refractivity contribution in [2.75, 3.05) is 5.32 Å². The molecule has 0 spiro atoms. The second kappa shape index (κ2) is 5.57. The van der Waals surface area contributed by atoms with E-state index in [1.165, 1.54) is 5.56 Å². The SMILES string of the molecule is c1cncc(CNc2nccn3c(-c4ccsc4)cnc23)c1. The summed E-state index contributed by atoms with van der Waals surface area (Å²) in [6, 6.07) is 6.05. The summed E-state index contributed by atoms with van der Waals surface area (Å²) in [5.41, 5.74) is 4.17. The normalized spacial score (nSPS) is 10.9. The van der Waals surface area contributed by atoms with E-state index in [1.54, 1.807) is 23.7 Å². The molecule has 4 aromatic rings. The first-order valence-corrected chi connectivity index (χ1v) is 7.83. The fraction of sp³-hybridized carbons (Fsp3) is 0.0625. The number of hydrogen-bond acceptors (Lipinski definition) is 5. The largest absolute Gasteiger partial charge is 0.363 e. The van der Waals surface area contributed by atoms with Crippen molar-refractivity contribution in [3.63, 3.8) is 0 Å². The van der Waals surface area contributed by atoms with Crippen molar-refractivity contribution in [1.29, 1.82) is 0 Å². The first kappa shape index (κ1) is 13.0. The topological polar surface area (TPSA) is 55.1 Å². The molecular formula is C16H13N5S. The standard InChI is InChI=1S/C16H13N5S/c1-2-12(8-17-4-1)9-19-15-16-20-10-14(13-3-7-22-11-13)21(16)6-5-18-15/h1-8,10-11H,9H2,(H,18,19). The summed E-state index contributed by atoms with van der Waals surface area (Å²) in [5, 5.41) is 7.52. The van der Waals surface area contributed by atoms with Crippen LogP contribution in [0.3, 0.4) is 0 Å². The van der Waals surface area contributed by atoms with Crippen molar-refractivity contribution in [3.8, 4) is 11.3 Å². The Balaban J connectivity index is 1.67. The number of imidazole rings is 1. The zero-order valence-electron chi connectivity index (χ0n) is 11.7. The molecule has 0 saturated heterocycles. The van der Waals surface area contributed by atoms with Gasteiger partial charge in [-0.25, -0.2) is 9.97 Å². The Bertz CT molecular complexity index is 883. The van der Waals surface area contributed by atoms with Gasteiger partial charge in [-0.15, -0.1) is 0 Å². The van der Waals surface area contributed by atoms with Crippen molar-refractivity contribution in [2.45, 2.75) is 6.54 Å². The number of thiophene rings is 1. The number of nitrogens with one attached hydrogen (secondary N) is 1. The number of fused-ring (bicyclic) bond motifs is 1. The van der Waals surface area contributed by atoms with Crippen LogP contribution in [-0.2, 0) is 6.54 Å². The third-order valence-corrected chi connectivity index (χ3v) is 4.11. The van der Waals surface area contributed by atoms with Crippen molar-refractivity contribution in [2.24, 2.45) is 0 Å². The van der Waals surface area contributed by atoms with Crippen LogP contribution in [0.5, 0.6) is 0 Å². The smallest absolute Gasteiger partial charge is 0.180 e. The van der Waals surface area contributed by atoms with Crippen molar-refractivity contribution in [1.82, 2.24) is 19.4 Å². The molecule has 0 saturated carbocycles. The third kappa shape index (κ3) is 2.33. The van der Waals surface area contributed by atoms with E-state index in [1.807, 2.05) is 30.7 Å². The van der Waals surface area contributed by atoms with E-state index in [9.17, 15) is 0 Å². The van der Waals surface area contributed by atoms with Gasteiger partial charge in [-0.2, -0.15) is 11.3 Å². The van der Waals surface area contributed by atoms with Gasteiger partial charge in [0.05, 0.1) is 11.9 Å². The molecule has 0 bridgehead atoms. The molecule has 22 heavy (non-hydrogen) atoms. The second-order valence-electron chi connectivity index (χ2n) is 4.84. The maximum atomic E-state index is 4.51. The van der Waals surface area contributed by atoms with Gasteiger partial charge >= 0.3 is 0 Å². The molecule has 6 heteroatoms. The van der Waals surface area contributed by atoms with E-state index >= 15 is 0 Å². The minimum Gasteiger partial charge on any atom is -0.363 e. The van der Waals surface area contributed by atoms with Crippen molar-refractivity contribution in [3.05, 3.63) is 65.5 Å². The third-order valence-electron chi connectivity index (χ3n) is 3.43. The van der Waals surface area contributed by atoms with Gasteiger partial charge in [-0.3, -0.25) is 9.38 Å². The van der Waals surface area contributed by atoms with Crippen molar-refractivity contribution >= 4 is 22.8 Å². The number of rotatable bonds is 4. The Morgan fingerprint density at radius 3 is 2.95 bits per heavy atom. The van der Waals surface area contributed by atoms with Gasteiger partial charge in [-0.1, -0.05) is 6.07 Å². The Labute approximate surface area is 131 Å². The second-order valence-corrected chi connectivity index (χ2v) is 5.62. The van der Waals surface area contributed by atoms with Gasteiger partial charge in [0, 0.05) is 42.3 Å². The summed E-state index contributed by atoms with van der Waals surface area (Å²) in [6.07, 6.45) is 9.22. The fourth-order valence-corrected chi connectivity index (χ4v) is 3.01. The van der Waals surface area contributed by atoms with E-state index in [4.69, 9.17) is 0 Å². The zero-order chi connectivity index (χ0) is 14.8. The lowest BCUT2D eigenvalue weighted by atomic mass is 10.3. The first-order chi connectivity index (χ1) is 10.9. The molecule has 4 aromatic heterocycles. The molecule has 4 rings (SSSR count). The van der Waals surface area contributed by atoms with Crippen LogP contribution >= 0.6 is 11.3 Å². The van der Waals surface area contributed by atoms with Crippen LogP contribution in [0, 0.1) is 0 Å². The average Bonchev–Trinajstić information content (AvgIpc) is 3.22. The molecule has 0 unspecified atom stereocenters. The summed E-state index contributed by atoms with van der Waals surface area (Å²) < 4.78 is 2.06. The lowest BCUT2D eigenvalue weighted by molar-refractivity contribution is 1.06. The van der Waals surface area contributed by atoms with E-state index in [0.29, 0.717) is 6.54 Å². The highest BCUT2D eigenvalue weighted by molar-refractivity contribution is 7.08. The fourth-order valence-electron chi connectivity index (χ4n) is 2.36. The summed E-state index contributed by atoms with van der Waals surface area (Å²) in [4.78, 5) is 13.0. The highest BCUT2D eigenvalue weighted by Gasteiger charge is 2.10. The maximum Gasteiger partial charge on any atom is 0.180 e. The Hall–Kier alpha value is -2.73. The Morgan fingerprint density at radius 1 is 1.14 bits per heavy atom.